The summed E-state index contributed by atoms with van der Waals surface area (Å²) in [5.74, 6) is 0.666. The van der Waals surface area contributed by atoms with Gasteiger partial charge in [-0.2, -0.15) is 0 Å². The lowest BCUT2D eigenvalue weighted by Crippen LogP contribution is -2.42. The van der Waals surface area contributed by atoms with Crippen LogP contribution in [-0.4, -0.2) is 46.8 Å². The Bertz CT molecular complexity index is 242. The van der Waals surface area contributed by atoms with Gasteiger partial charge in [-0.05, 0) is 39.0 Å². The fourth-order valence-electron chi connectivity index (χ4n) is 1.28. The van der Waals surface area contributed by atoms with Crippen molar-refractivity contribution in [2.75, 3.05) is 27.1 Å². The van der Waals surface area contributed by atoms with Gasteiger partial charge in [0.15, 0.2) is 0 Å². The van der Waals surface area contributed by atoms with Crippen LogP contribution in [0.3, 0.4) is 0 Å². The van der Waals surface area contributed by atoms with Crippen LogP contribution in [0.2, 0.25) is 6.04 Å². The molecule has 0 heterocycles. The van der Waals surface area contributed by atoms with Crippen LogP contribution in [0.4, 0.5) is 4.79 Å². The number of thioether (sulfide) groups is 1. The number of hydrogen-bond donors (Lipinski definition) is 0. The van der Waals surface area contributed by atoms with E-state index in [9.17, 15) is 4.79 Å². The Morgan fingerprint density at radius 1 is 1.11 bits per heavy atom. The molecule has 0 saturated carbocycles. The summed E-state index contributed by atoms with van der Waals surface area (Å²) in [5.41, 5.74) is -0.436. The topological polar surface area (TPSA) is 54.0 Å². The number of carbonyl (C=O) groups excluding carboxylic acids is 1. The second-order valence-corrected chi connectivity index (χ2v) is 8.83. The van der Waals surface area contributed by atoms with E-state index in [1.54, 1.807) is 21.3 Å². The predicted molar refractivity (Wildman–Crippen MR) is 74.9 cm³/mol. The van der Waals surface area contributed by atoms with E-state index in [0.717, 1.165) is 6.42 Å². The largest absolute Gasteiger partial charge is 0.500 e. The quantitative estimate of drug-likeness (QED) is 0.409. The number of hydrogen-bond acceptors (Lipinski definition) is 6. The third kappa shape index (κ3) is 7.37. The molecular weight excluding hydrogens is 272 g/mol. The molecule has 0 bridgehead atoms. The monoisotopic (exact) mass is 296 g/mol. The van der Waals surface area contributed by atoms with Crippen molar-refractivity contribution < 1.29 is 22.8 Å². The minimum atomic E-state index is -2.50. The van der Waals surface area contributed by atoms with Crippen molar-refractivity contribution >= 4 is 25.9 Å². The SMILES string of the molecule is CO[Si](CCCSC(=O)OC(C)(C)C)(OC)OC. The van der Waals surface area contributed by atoms with E-state index in [1.165, 1.54) is 11.8 Å². The van der Waals surface area contributed by atoms with Crippen molar-refractivity contribution in [3.8, 4) is 0 Å². The first-order valence-corrected chi connectivity index (χ1v) is 8.71. The molecule has 0 aliphatic heterocycles. The average molecular weight is 296 g/mol. The molecule has 18 heavy (non-hydrogen) atoms. The molecule has 0 aromatic rings. The molecule has 0 aromatic heterocycles. The van der Waals surface area contributed by atoms with E-state index >= 15 is 0 Å². The summed E-state index contributed by atoms with van der Waals surface area (Å²) < 4.78 is 21.1. The summed E-state index contributed by atoms with van der Waals surface area (Å²) in [6, 6.07) is 0.687. The summed E-state index contributed by atoms with van der Waals surface area (Å²) in [6.07, 6.45) is 0.783. The van der Waals surface area contributed by atoms with Gasteiger partial charge in [-0.15, -0.1) is 0 Å². The number of carbonyl (C=O) groups is 1. The van der Waals surface area contributed by atoms with Gasteiger partial charge in [-0.1, -0.05) is 0 Å². The Kier molecular flexibility index (Phi) is 8.12. The van der Waals surface area contributed by atoms with E-state index in [1.807, 2.05) is 20.8 Å². The molecule has 0 saturated heterocycles. The van der Waals surface area contributed by atoms with Crippen LogP contribution in [0.1, 0.15) is 27.2 Å². The molecule has 0 aromatic carbocycles. The molecule has 0 spiro atoms. The van der Waals surface area contributed by atoms with Gasteiger partial charge in [0.05, 0.1) is 0 Å². The Morgan fingerprint density at radius 3 is 2.00 bits per heavy atom. The second kappa shape index (κ2) is 8.16. The summed E-state index contributed by atoms with van der Waals surface area (Å²) in [6.45, 7) is 5.55. The standard InChI is InChI=1S/C11H24O5SSi/c1-11(2,3)16-10(12)17-8-7-9-18(13-4,14-5)15-6/h7-9H2,1-6H3. The van der Waals surface area contributed by atoms with Crippen LogP contribution < -0.4 is 0 Å². The highest BCUT2D eigenvalue weighted by Crippen LogP contribution is 2.20. The zero-order valence-electron chi connectivity index (χ0n) is 12.1. The Labute approximate surface area is 115 Å². The molecule has 0 aliphatic rings. The highest BCUT2D eigenvalue weighted by atomic mass is 32.2. The summed E-state index contributed by atoms with van der Waals surface area (Å²) in [5, 5.41) is -0.248. The van der Waals surface area contributed by atoms with Gasteiger partial charge in [0.2, 0.25) is 0 Å². The van der Waals surface area contributed by atoms with Gasteiger partial charge < -0.3 is 18.0 Å². The predicted octanol–water partition coefficient (Wildman–Crippen LogP) is 2.92. The summed E-state index contributed by atoms with van der Waals surface area (Å²) in [4.78, 5) is 11.5. The van der Waals surface area contributed by atoms with Crippen molar-refractivity contribution in [2.24, 2.45) is 0 Å². The lowest BCUT2D eigenvalue weighted by atomic mass is 10.2. The molecule has 0 radical (unpaired) electrons. The molecule has 0 atom stereocenters. The number of rotatable bonds is 7. The fourth-order valence-corrected chi connectivity index (χ4v) is 4.02. The maximum Gasteiger partial charge on any atom is 0.500 e. The van der Waals surface area contributed by atoms with E-state index in [4.69, 9.17) is 18.0 Å². The third-order valence-corrected chi connectivity index (χ3v) is 5.81. The molecule has 0 N–H and O–H groups in total. The van der Waals surface area contributed by atoms with Gasteiger partial charge in [0.25, 0.3) is 0 Å². The third-order valence-electron chi connectivity index (χ3n) is 2.17. The van der Waals surface area contributed by atoms with Crippen LogP contribution in [0.25, 0.3) is 0 Å². The van der Waals surface area contributed by atoms with Gasteiger partial charge in [0.1, 0.15) is 5.60 Å². The van der Waals surface area contributed by atoms with Crippen molar-refractivity contribution in [1.29, 1.82) is 0 Å². The maximum atomic E-state index is 11.5. The second-order valence-electron chi connectivity index (χ2n) is 4.71. The first-order chi connectivity index (χ1) is 8.28. The van der Waals surface area contributed by atoms with Crippen LogP contribution >= 0.6 is 11.8 Å². The maximum absolute atomic E-state index is 11.5. The lowest BCUT2D eigenvalue weighted by Gasteiger charge is -2.24. The van der Waals surface area contributed by atoms with E-state index < -0.39 is 14.4 Å². The molecule has 0 fully saturated rings. The summed E-state index contributed by atoms with van der Waals surface area (Å²) >= 11 is 1.17. The van der Waals surface area contributed by atoms with Gasteiger partial charge in [0, 0.05) is 33.1 Å². The van der Waals surface area contributed by atoms with E-state index in [0.29, 0.717) is 11.8 Å². The summed E-state index contributed by atoms with van der Waals surface area (Å²) in [7, 11) is 2.25. The zero-order chi connectivity index (χ0) is 14.2. The molecule has 108 valence electrons. The van der Waals surface area contributed by atoms with Crippen molar-refractivity contribution in [1.82, 2.24) is 0 Å². The molecule has 0 rings (SSSR count). The molecule has 0 amide bonds. The van der Waals surface area contributed by atoms with Crippen molar-refractivity contribution in [3.63, 3.8) is 0 Å². The molecular formula is C11H24O5SSi. The first kappa shape index (κ1) is 17.9. The van der Waals surface area contributed by atoms with Gasteiger partial charge in [-0.25, -0.2) is 4.79 Å². The Morgan fingerprint density at radius 2 is 1.61 bits per heavy atom. The van der Waals surface area contributed by atoms with Crippen molar-refractivity contribution in [2.45, 2.75) is 38.8 Å². The smallest absolute Gasteiger partial charge is 0.452 e. The van der Waals surface area contributed by atoms with Crippen LogP contribution in [0.5, 0.6) is 0 Å². The molecule has 5 nitrogen and oxygen atoms in total. The molecule has 7 heteroatoms. The number of ether oxygens (including phenoxy) is 1. The van der Waals surface area contributed by atoms with E-state index in [-0.39, 0.29) is 5.30 Å². The fraction of sp³-hybridized carbons (Fsp3) is 0.909. The van der Waals surface area contributed by atoms with Crippen LogP contribution in [0, 0.1) is 0 Å². The van der Waals surface area contributed by atoms with E-state index in [2.05, 4.69) is 0 Å². The van der Waals surface area contributed by atoms with Crippen LogP contribution in [-0.2, 0) is 18.0 Å². The normalized spacial score (nSPS) is 12.6. The lowest BCUT2D eigenvalue weighted by molar-refractivity contribution is 0.0737. The first-order valence-electron chi connectivity index (χ1n) is 5.80. The highest BCUT2D eigenvalue weighted by Gasteiger charge is 2.36. The van der Waals surface area contributed by atoms with Gasteiger partial charge in [-0.3, -0.25) is 0 Å². The average Bonchev–Trinajstić information content (AvgIpc) is 2.28. The molecule has 0 aliphatic carbocycles. The van der Waals surface area contributed by atoms with Crippen LogP contribution in [0.15, 0.2) is 0 Å². The van der Waals surface area contributed by atoms with Gasteiger partial charge >= 0.3 is 14.1 Å². The van der Waals surface area contributed by atoms with Crippen molar-refractivity contribution in [3.05, 3.63) is 0 Å². The zero-order valence-corrected chi connectivity index (χ0v) is 13.9. The minimum Gasteiger partial charge on any atom is -0.452 e. The Balaban J connectivity index is 3.89. The molecule has 0 unspecified atom stereocenters. The minimum absolute atomic E-state index is 0.248. The Hall–Kier alpha value is -0.0831. The highest BCUT2D eigenvalue weighted by molar-refractivity contribution is 8.13.